The van der Waals surface area contributed by atoms with Crippen molar-refractivity contribution in [2.75, 3.05) is 7.11 Å². The van der Waals surface area contributed by atoms with Crippen molar-refractivity contribution >= 4 is 23.4 Å². The summed E-state index contributed by atoms with van der Waals surface area (Å²) in [6, 6.07) is 21.8. The largest absolute Gasteiger partial charge is 0.497 e. The van der Waals surface area contributed by atoms with E-state index in [2.05, 4.69) is 10.2 Å². The van der Waals surface area contributed by atoms with E-state index in [9.17, 15) is 4.39 Å². The topological polar surface area (TPSA) is 39.9 Å². The molecule has 0 bridgehead atoms. The highest BCUT2D eigenvalue weighted by Crippen LogP contribution is 2.31. The van der Waals surface area contributed by atoms with Gasteiger partial charge in [0, 0.05) is 22.0 Å². The first-order chi connectivity index (χ1) is 14.2. The molecule has 0 atom stereocenters. The van der Waals surface area contributed by atoms with Gasteiger partial charge in [-0.2, -0.15) is 0 Å². The van der Waals surface area contributed by atoms with Crippen LogP contribution in [-0.2, 0) is 5.75 Å². The van der Waals surface area contributed by atoms with E-state index < -0.39 is 0 Å². The van der Waals surface area contributed by atoms with Crippen molar-refractivity contribution in [3.05, 3.63) is 89.2 Å². The van der Waals surface area contributed by atoms with Crippen molar-refractivity contribution in [2.45, 2.75) is 10.9 Å². The first-order valence-electron chi connectivity index (χ1n) is 8.87. The van der Waals surface area contributed by atoms with Crippen LogP contribution in [0.3, 0.4) is 0 Å². The lowest BCUT2D eigenvalue weighted by Crippen LogP contribution is -2.00. The third kappa shape index (κ3) is 4.28. The fourth-order valence-electron chi connectivity index (χ4n) is 2.87. The number of benzene rings is 3. The van der Waals surface area contributed by atoms with Crippen molar-refractivity contribution in [3.63, 3.8) is 0 Å². The van der Waals surface area contributed by atoms with Crippen molar-refractivity contribution < 1.29 is 9.13 Å². The number of methoxy groups -OCH3 is 1. The van der Waals surface area contributed by atoms with E-state index in [1.54, 1.807) is 19.2 Å². The number of halogens is 2. The Labute approximate surface area is 177 Å². The zero-order chi connectivity index (χ0) is 20.2. The van der Waals surface area contributed by atoms with E-state index in [0.717, 1.165) is 17.0 Å². The molecule has 0 aliphatic heterocycles. The van der Waals surface area contributed by atoms with Gasteiger partial charge in [0.05, 0.1) is 7.11 Å². The lowest BCUT2D eigenvalue weighted by atomic mass is 10.2. The summed E-state index contributed by atoms with van der Waals surface area (Å²) in [5.41, 5.74) is 2.39. The molecule has 0 saturated carbocycles. The Morgan fingerprint density at radius 3 is 2.38 bits per heavy atom. The second kappa shape index (κ2) is 8.68. The van der Waals surface area contributed by atoms with Gasteiger partial charge in [0.1, 0.15) is 11.6 Å². The summed E-state index contributed by atoms with van der Waals surface area (Å²) in [5.74, 6) is 1.66. The van der Waals surface area contributed by atoms with E-state index >= 15 is 0 Å². The number of hydrogen-bond donors (Lipinski definition) is 0. The molecular formula is C22H17ClFN3OS. The molecule has 0 saturated heterocycles. The number of aromatic nitrogens is 3. The summed E-state index contributed by atoms with van der Waals surface area (Å²) in [7, 11) is 1.63. The summed E-state index contributed by atoms with van der Waals surface area (Å²) in [4.78, 5) is 0. The molecule has 0 aliphatic rings. The summed E-state index contributed by atoms with van der Waals surface area (Å²) >= 11 is 7.46. The van der Waals surface area contributed by atoms with Crippen LogP contribution in [0.5, 0.6) is 5.75 Å². The van der Waals surface area contributed by atoms with Gasteiger partial charge < -0.3 is 4.74 Å². The molecule has 0 unspecified atom stereocenters. The van der Waals surface area contributed by atoms with Gasteiger partial charge in [-0.05, 0) is 60.2 Å². The molecule has 1 heterocycles. The van der Waals surface area contributed by atoms with E-state index in [4.69, 9.17) is 16.3 Å². The maximum absolute atomic E-state index is 14.0. The zero-order valence-corrected chi connectivity index (χ0v) is 17.1. The maximum atomic E-state index is 14.0. The third-order valence-corrected chi connectivity index (χ3v) is 5.61. The van der Waals surface area contributed by atoms with Gasteiger partial charge in [0.15, 0.2) is 11.0 Å². The Bertz CT molecular complexity index is 1110. The highest BCUT2D eigenvalue weighted by atomic mass is 35.5. The van der Waals surface area contributed by atoms with Gasteiger partial charge in [0.25, 0.3) is 0 Å². The van der Waals surface area contributed by atoms with Crippen molar-refractivity contribution in [1.82, 2.24) is 14.8 Å². The van der Waals surface area contributed by atoms with Crippen LogP contribution in [0, 0.1) is 5.82 Å². The average Bonchev–Trinajstić information content (AvgIpc) is 3.17. The van der Waals surface area contributed by atoms with Crippen LogP contribution in [0.2, 0.25) is 5.02 Å². The van der Waals surface area contributed by atoms with Crippen LogP contribution >= 0.6 is 23.4 Å². The molecule has 0 N–H and O–H groups in total. The van der Waals surface area contributed by atoms with Gasteiger partial charge in [0.2, 0.25) is 0 Å². The molecule has 3 aromatic carbocycles. The molecule has 0 spiro atoms. The molecule has 146 valence electrons. The van der Waals surface area contributed by atoms with Crippen LogP contribution in [-0.4, -0.2) is 21.9 Å². The quantitative estimate of drug-likeness (QED) is 0.354. The maximum Gasteiger partial charge on any atom is 0.196 e. The predicted molar refractivity (Wildman–Crippen MR) is 114 cm³/mol. The lowest BCUT2D eigenvalue weighted by molar-refractivity contribution is 0.414. The smallest absolute Gasteiger partial charge is 0.196 e. The van der Waals surface area contributed by atoms with Crippen LogP contribution in [0.15, 0.2) is 78.0 Å². The highest BCUT2D eigenvalue weighted by molar-refractivity contribution is 7.98. The molecule has 1 aromatic heterocycles. The molecule has 0 fully saturated rings. The summed E-state index contributed by atoms with van der Waals surface area (Å²) < 4.78 is 21.2. The standard InChI is InChI=1S/C22H17ClFN3OS/c1-28-19-12-10-18(11-13-19)27-21(15-6-8-17(23)9-7-15)25-26-22(27)29-14-16-4-2-3-5-20(16)24/h2-13H,14H2,1H3. The van der Waals surface area contributed by atoms with E-state index in [1.807, 2.05) is 59.2 Å². The summed E-state index contributed by atoms with van der Waals surface area (Å²) in [6.45, 7) is 0. The van der Waals surface area contributed by atoms with Crippen LogP contribution < -0.4 is 4.74 Å². The first-order valence-corrected chi connectivity index (χ1v) is 10.2. The fraction of sp³-hybridized carbons (Fsp3) is 0.0909. The third-order valence-electron chi connectivity index (χ3n) is 4.38. The first kappa shape index (κ1) is 19.5. The SMILES string of the molecule is COc1ccc(-n2c(SCc3ccccc3F)nnc2-c2ccc(Cl)cc2)cc1. The van der Waals surface area contributed by atoms with E-state index in [-0.39, 0.29) is 5.82 Å². The second-order valence-corrected chi connectivity index (χ2v) is 7.61. The van der Waals surface area contributed by atoms with Gasteiger partial charge in [-0.15, -0.1) is 10.2 Å². The van der Waals surface area contributed by atoms with E-state index in [0.29, 0.717) is 27.3 Å². The molecule has 4 rings (SSSR count). The molecule has 0 amide bonds. The molecule has 4 nitrogen and oxygen atoms in total. The van der Waals surface area contributed by atoms with Gasteiger partial charge in [-0.25, -0.2) is 4.39 Å². The van der Waals surface area contributed by atoms with Crippen LogP contribution in [0.1, 0.15) is 5.56 Å². The zero-order valence-electron chi connectivity index (χ0n) is 15.5. The minimum atomic E-state index is -0.228. The average molecular weight is 426 g/mol. The van der Waals surface area contributed by atoms with Gasteiger partial charge >= 0.3 is 0 Å². The number of hydrogen-bond acceptors (Lipinski definition) is 4. The summed E-state index contributed by atoms with van der Waals surface area (Å²) in [6.07, 6.45) is 0. The number of ether oxygens (including phenoxy) is 1. The fourth-order valence-corrected chi connectivity index (χ4v) is 3.94. The Kier molecular flexibility index (Phi) is 5.83. The van der Waals surface area contributed by atoms with Crippen molar-refractivity contribution in [3.8, 4) is 22.8 Å². The van der Waals surface area contributed by atoms with E-state index in [1.165, 1.54) is 17.8 Å². The Morgan fingerprint density at radius 2 is 1.69 bits per heavy atom. The van der Waals surface area contributed by atoms with Crippen molar-refractivity contribution in [1.29, 1.82) is 0 Å². The molecule has 7 heteroatoms. The number of nitrogens with zero attached hydrogens (tertiary/aromatic N) is 3. The highest BCUT2D eigenvalue weighted by Gasteiger charge is 2.17. The number of rotatable bonds is 6. The van der Waals surface area contributed by atoms with Crippen LogP contribution in [0.4, 0.5) is 4.39 Å². The minimum Gasteiger partial charge on any atom is -0.497 e. The predicted octanol–water partition coefficient (Wildman–Crippen LogP) is 6.03. The van der Waals surface area contributed by atoms with Crippen LogP contribution in [0.25, 0.3) is 17.1 Å². The van der Waals surface area contributed by atoms with Gasteiger partial charge in [-0.1, -0.05) is 41.6 Å². The molecular weight excluding hydrogens is 409 g/mol. The van der Waals surface area contributed by atoms with Crippen molar-refractivity contribution in [2.24, 2.45) is 0 Å². The monoisotopic (exact) mass is 425 g/mol. The molecule has 0 radical (unpaired) electrons. The number of thioether (sulfide) groups is 1. The molecule has 29 heavy (non-hydrogen) atoms. The Hall–Kier alpha value is -2.83. The second-order valence-electron chi connectivity index (χ2n) is 6.23. The molecule has 4 aromatic rings. The van der Waals surface area contributed by atoms with Gasteiger partial charge in [-0.3, -0.25) is 4.57 Å². The normalized spacial score (nSPS) is 10.9. The Morgan fingerprint density at radius 1 is 0.966 bits per heavy atom. The minimum absolute atomic E-state index is 0.228. The lowest BCUT2D eigenvalue weighted by Gasteiger charge is -2.11. The Balaban J connectivity index is 1.74. The summed E-state index contributed by atoms with van der Waals surface area (Å²) in [5, 5.41) is 10.1. The molecule has 0 aliphatic carbocycles.